The molecule has 4 nitrogen and oxygen atoms in total. The molecule has 0 saturated heterocycles. The molecule has 2 rings (SSSR count). The standard InChI is InChI=1S/C25H32N2O2/c1-5-6-9-16-27(24(19(2)3)25(28)29-4)18-20-12-14-21(15-13-20)23-11-8-7-10-22(23)17-26/h7-8,10-15,19,24H,5-6,9,16,18H2,1-4H3/t24-/m0/s1. The summed E-state index contributed by atoms with van der Waals surface area (Å²) >= 11 is 0. The highest BCUT2D eigenvalue weighted by molar-refractivity contribution is 5.76. The lowest BCUT2D eigenvalue weighted by Crippen LogP contribution is -2.45. The summed E-state index contributed by atoms with van der Waals surface area (Å²) in [6.07, 6.45) is 3.35. The van der Waals surface area contributed by atoms with Gasteiger partial charge in [-0.15, -0.1) is 0 Å². The molecule has 0 amide bonds. The van der Waals surface area contributed by atoms with Gasteiger partial charge in [-0.25, -0.2) is 0 Å². The number of hydrogen-bond acceptors (Lipinski definition) is 4. The van der Waals surface area contributed by atoms with E-state index in [2.05, 4.69) is 56.0 Å². The fourth-order valence-corrected chi connectivity index (χ4v) is 3.70. The van der Waals surface area contributed by atoms with E-state index < -0.39 is 0 Å². The number of esters is 1. The lowest BCUT2D eigenvalue weighted by Gasteiger charge is -2.32. The highest BCUT2D eigenvalue weighted by Crippen LogP contribution is 2.25. The van der Waals surface area contributed by atoms with Crippen molar-refractivity contribution in [1.29, 1.82) is 5.26 Å². The number of hydrogen-bond donors (Lipinski definition) is 0. The maximum Gasteiger partial charge on any atom is 0.323 e. The van der Waals surface area contributed by atoms with Crippen molar-refractivity contribution in [1.82, 2.24) is 4.90 Å². The molecule has 0 spiro atoms. The van der Waals surface area contributed by atoms with E-state index in [9.17, 15) is 10.1 Å². The van der Waals surface area contributed by atoms with E-state index in [0.717, 1.165) is 42.5 Å². The number of nitrogens with zero attached hydrogens (tertiary/aromatic N) is 2. The van der Waals surface area contributed by atoms with Gasteiger partial charge in [0.15, 0.2) is 0 Å². The van der Waals surface area contributed by atoms with Crippen molar-refractivity contribution in [2.24, 2.45) is 5.92 Å². The zero-order valence-electron chi connectivity index (χ0n) is 18.0. The quantitative estimate of drug-likeness (QED) is 0.400. The lowest BCUT2D eigenvalue weighted by atomic mass is 9.98. The van der Waals surface area contributed by atoms with Gasteiger partial charge in [-0.05, 0) is 41.6 Å². The summed E-state index contributed by atoms with van der Waals surface area (Å²) in [6, 6.07) is 17.9. The van der Waals surface area contributed by atoms with Crippen LogP contribution in [-0.4, -0.2) is 30.6 Å². The Balaban J connectivity index is 2.23. The smallest absolute Gasteiger partial charge is 0.323 e. The van der Waals surface area contributed by atoms with E-state index in [4.69, 9.17) is 4.74 Å². The molecule has 0 fully saturated rings. The molecule has 0 saturated carbocycles. The van der Waals surface area contributed by atoms with Gasteiger partial charge in [0.1, 0.15) is 6.04 Å². The van der Waals surface area contributed by atoms with Crippen LogP contribution in [0.2, 0.25) is 0 Å². The van der Waals surface area contributed by atoms with Gasteiger partial charge >= 0.3 is 5.97 Å². The first-order valence-corrected chi connectivity index (χ1v) is 10.4. The topological polar surface area (TPSA) is 53.3 Å². The van der Waals surface area contributed by atoms with Gasteiger partial charge in [0.05, 0.1) is 18.7 Å². The maximum atomic E-state index is 12.4. The molecule has 29 heavy (non-hydrogen) atoms. The van der Waals surface area contributed by atoms with Crippen molar-refractivity contribution in [3.05, 3.63) is 59.7 Å². The van der Waals surface area contributed by atoms with E-state index in [-0.39, 0.29) is 17.9 Å². The first-order chi connectivity index (χ1) is 14.0. The first kappa shape index (κ1) is 22.6. The van der Waals surface area contributed by atoms with Crippen molar-refractivity contribution >= 4 is 5.97 Å². The van der Waals surface area contributed by atoms with Crippen molar-refractivity contribution in [2.45, 2.75) is 52.6 Å². The normalized spacial score (nSPS) is 12.0. The van der Waals surface area contributed by atoms with Crippen molar-refractivity contribution in [3.63, 3.8) is 0 Å². The highest BCUT2D eigenvalue weighted by atomic mass is 16.5. The van der Waals surface area contributed by atoms with Gasteiger partial charge in [0.25, 0.3) is 0 Å². The summed E-state index contributed by atoms with van der Waals surface area (Å²) in [5.74, 6) is 0.00178. The average Bonchev–Trinajstić information content (AvgIpc) is 2.74. The van der Waals surface area contributed by atoms with Crippen molar-refractivity contribution < 1.29 is 9.53 Å². The van der Waals surface area contributed by atoms with E-state index >= 15 is 0 Å². The van der Waals surface area contributed by atoms with Gasteiger partial charge < -0.3 is 4.74 Å². The van der Waals surface area contributed by atoms with Crippen LogP contribution in [0.1, 0.15) is 51.2 Å². The van der Waals surface area contributed by atoms with E-state index in [1.807, 2.05) is 24.3 Å². The van der Waals surface area contributed by atoms with E-state index in [1.54, 1.807) is 0 Å². The molecular formula is C25H32N2O2. The third-order valence-electron chi connectivity index (χ3n) is 5.21. The Morgan fingerprint density at radius 3 is 2.38 bits per heavy atom. The molecule has 0 bridgehead atoms. The minimum Gasteiger partial charge on any atom is -0.468 e. The molecule has 0 N–H and O–H groups in total. The van der Waals surface area contributed by atoms with E-state index in [1.165, 1.54) is 7.11 Å². The van der Waals surface area contributed by atoms with Crippen LogP contribution in [0.4, 0.5) is 0 Å². The Hall–Kier alpha value is -2.64. The molecule has 0 heterocycles. The second-order valence-corrected chi connectivity index (χ2v) is 7.74. The number of unbranched alkanes of at least 4 members (excludes halogenated alkanes) is 2. The second kappa shape index (κ2) is 11.4. The van der Waals surface area contributed by atoms with E-state index in [0.29, 0.717) is 12.1 Å². The summed E-state index contributed by atoms with van der Waals surface area (Å²) in [7, 11) is 1.46. The Kier molecular flexibility index (Phi) is 8.89. The van der Waals surface area contributed by atoms with Crippen LogP contribution in [0.25, 0.3) is 11.1 Å². The largest absolute Gasteiger partial charge is 0.468 e. The molecule has 0 unspecified atom stereocenters. The SMILES string of the molecule is CCCCCN(Cc1ccc(-c2ccccc2C#N)cc1)[C@H](C(=O)OC)C(C)C. The number of carbonyl (C=O) groups is 1. The van der Waals surface area contributed by atoms with Gasteiger partial charge in [0.2, 0.25) is 0 Å². The Labute approximate surface area is 175 Å². The fraction of sp³-hybridized carbons (Fsp3) is 0.440. The summed E-state index contributed by atoms with van der Waals surface area (Å²) in [5, 5.41) is 9.34. The zero-order valence-corrected chi connectivity index (χ0v) is 18.0. The molecule has 0 aliphatic rings. The number of benzene rings is 2. The molecule has 0 aromatic heterocycles. The number of methoxy groups -OCH3 is 1. The average molecular weight is 393 g/mol. The molecule has 1 atom stereocenters. The zero-order chi connectivity index (χ0) is 21.2. The maximum absolute atomic E-state index is 12.4. The van der Waals surface area contributed by atoms with Crippen LogP contribution >= 0.6 is 0 Å². The Morgan fingerprint density at radius 2 is 1.79 bits per heavy atom. The minimum absolute atomic E-state index is 0.170. The highest BCUT2D eigenvalue weighted by Gasteiger charge is 2.29. The number of carbonyl (C=O) groups excluding carboxylic acids is 1. The second-order valence-electron chi connectivity index (χ2n) is 7.74. The molecule has 0 radical (unpaired) electrons. The summed E-state index contributed by atoms with van der Waals surface area (Å²) in [4.78, 5) is 14.7. The summed E-state index contributed by atoms with van der Waals surface area (Å²) < 4.78 is 5.09. The third-order valence-corrected chi connectivity index (χ3v) is 5.21. The van der Waals surface area contributed by atoms with Gasteiger partial charge in [-0.1, -0.05) is 76.1 Å². The van der Waals surface area contributed by atoms with Gasteiger partial charge in [-0.2, -0.15) is 5.26 Å². The van der Waals surface area contributed by atoms with Crippen LogP contribution in [0.15, 0.2) is 48.5 Å². The summed E-state index contributed by atoms with van der Waals surface area (Å²) in [5.41, 5.74) is 3.79. The van der Waals surface area contributed by atoms with Crippen LogP contribution in [0.3, 0.4) is 0 Å². The number of rotatable bonds is 10. The predicted octanol–water partition coefficient (Wildman–Crippen LogP) is 5.42. The molecule has 0 aliphatic carbocycles. The number of nitriles is 1. The summed E-state index contributed by atoms with van der Waals surface area (Å²) in [6.45, 7) is 7.88. The molecule has 154 valence electrons. The minimum atomic E-state index is -0.254. The van der Waals surface area contributed by atoms with Crippen molar-refractivity contribution in [3.8, 4) is 17.2 Å². The molecule has 2 aromatic rings. The monoisotopic (exact) mass is 392 g/mol. The molecule has 2 aromatic carbocycles. The molecule has 0 aliphatic heterocycles. The molecular weight excluding hydrogens is 360 g/mol. The first-order valence-electron chi connectivity index (χ1n) is 10.4. The predicted molar refractivity (Wildman–Crippen MR) is 117 cm³/mol. The van der Waals surface area contributed by atoms with Crippen LogP contribution in [0, 0.1) is 17.2 Å². The lowest BCUT2D eigenvalue weighted by molar-refractivity contribution is -0.149. The van der Waals surface area contributed by atoms with Crippen LogP contribution < -0.4 is 0 Å². The van der Waals surface area contributed by atoms with Gasteiger partial charge in [0, 0.05) is 6.54 Å². The Morgan fingerprint density at radius 1 is 1.10 bits per heavy atom. The van der Waals surface area contributed by atoms with Crippen molar-refractivity contribution in [2.75, 3.05) is 13.7 Å². The molecule has 4 heteroatoms. The van der Waals surface area contributed by atoms with Crippen LogP contribution in [-0.2, 0) is 16.1 Å². The third kappa shape index (κ3) is 6.17. The van der Waals surface area contributed by atoms with Gasteiger partial charge in [-0.3, -0.25) is 9.69 Å². The van der Waals surface area contributed by atoms with Crippen LogP contribution in [0.5, 0.6) is 0 Å². The Bertz CT molecular complexity index is 821. The number of ether oxygens (including phenoxy) is 1. The fourth-order valence-electron chi connectivity index (χ4n) is 3.70.